The van der Waals surface area contributed by atoms with E-state index in [1.807, 2.05) is 0 Å². The summed E-state index contributed by atoms with van der Waals surface area (Å²) in [5.74, 6) is -0.312. The van der Waals surface area contributed by atoms with Gasteiger partial charge in [-0.25, -0.2) is 4.79 Å². The lowest BCUT2D eigenvalue weighted by atomic mass is 10.1. The minimum atomic E-state index is -0.496. The second-order valence-corrected chi connectivity index (χ2v) is 5.33. The summed E-state index contributed by atoms with van der Waals surface area (Å²) in [7, 11) is 0. The van der Waals surface area contributed by atoms with E-state index >= 15 is 0 Å². The van der Waals surface area contributed by atoms with Gasteiger partial charge >= 0.3 is 6.09 Å². The van der Waals surface area contributed by atoms with Gasteiger partial charge in [0.15, 0.2) is 5.78 Å². The number of carbonyl (C=O) groups excluding carboxylic acids is 2. The van der Waals surface area contributed by atoms with Crippen LogP contribution in [0.4, 0.5) is 16.2 Å². The molecule has 0 unspecified atom stereocenters. The summed E-state index contributed by atoms with van der Waals surface area (Å²) < 4.78 is 4.89. The van der Waals surface area contributed by atoms with Gasteiger partial charge in [-0.1, -0.05) is 24.3 Å². The Kier molecular flexibility index (Phi) is 4.56. The van der Waals surface area contributed by atoms with Crippen molar-refractivity contribution in [1.82, 2.24) is 0 Å². The number of benzene rings is 2. The van der Waals surface area contributed by atoms with Crippen molar-refractivity contribution in [2.24, 2.45) is 0 Å². The molecule has 1 heterocycles. The van der Waals surface area contributed by atoms with E-state index in [1.165, 1.54) is 23.1 Å². The first-order valence-corrected chi connectivity index (χ1v) is 7.56. The number of hydrogen-bond donors (Lipinski definition) is 0. The first-order chi connectivity index (χ1) is 12.1. The van der Waals surface area contributed by atoms with E-state index in [2.05, 4.69) is 0 Å². The molecule has 0 N–H and O–H groups in total. The van der Waals surface area contributed by atoms with Crippen LogP contribution in [0, 0.1) is 10.1 Å². The molecule has 1 amide bonds. The van der Waals surface area contributed by atoms with Crippen molar-refractivity contribution in [3.63, 3.8) is 0 Å². The number of ketones is 1. The number of nitrogens with zero attached hydrogens (tertiary/aromatic N) is 2. The Balaban J connectivity index is 1.82. The maximum absolute atomic E-state index is 12.4. The van der Waals surface area contributed by atoms with Gasteiger partial charge in [-0.15, -0.1) is 0 Å². The molecule has 1 saturated heterocycles. The third-order valence-electron chi connectivity index (χ3n) is 3.75. The topological polar surface area (TPSA) is 89.8 Å². The number of nitro benzene ring substituents is 1. The minimum absolute atomic E-state index is 0.0693. The minimum Gasteiger partial charge on any atom is -0.447 e. The Morgan fingerprint density at radius 3 is 2.72 bits per heavy atom. The van der Waals surface area contributed by atoms with Crippen molar-refractivity contribution in [1.29, 1.82) is 0 Å². The zero-order valence-corrected chi connectivity index (χ0v) is 13.1. The normalized spacial score (nSPS) is 13.9. The lowest BCUT2D eigenvalue weighted by Crippen LogP contribution is -2.23. The van der Waals surface area contributed by atoms with Crippen molar-refractivity contribution < 1.29 is 19.2 Å². The van der Waals surface area contributed by atoms with E-state index in [4.69, 9.17) is 4.74 Å². The molecule has 7 nitrogen and oxygen atoms in total. The summed E-state index contributed by atoms with van der Waals surface area (Å²) in [5, 5.41) is 11.0. The number of para-hydroxylation sites is 1. The molecule has 0 saturated carbocycles. The van der Waals surface area contributed by atoms with Crippen LogP contribution in [0.2, 0.25) is 0 Å². The van der Waals surface area contributed by atoms with Crippen molar-refractivity contribution in [2.45, 2.75) is 0 Å². The van der Waals surface area contributed by atoms with Crippen molar-refractivity contribution >= 4 is 29.3 Å². The summed E-state index contributed by atoms with van der Waals surface area (Å²) in [6, 6.07) is 12.8. The van der Waals surface area contributed by atoms with Crippen molar-refractivity contribution in [3.8, 4) is 0 Å². The van der Waals surface area contributed by atoms with Gasteiger partial charge in [0.1, 0.15) is 6.61 Å². The Bertz CT molecular complexity index is 875. The maximum atomic E-state index is 12.4. The second kappa shape index (κ2) is 6.96. The number of allylic oxidation sites excluding steroid dienone is 1. The largest absolute Gasteiger partial charge is 0.447 e. The van der Waals surface area contributed by atoms with Gasteiger partial charge in [0.2, 0.25) is 0 Å². The predicted octanol–water partition coefficient (Wildman–Crippen LogP) is 3.45. The van der Waals surface area contributed by atoms with Crippen LogP contribution in [-0.2, 0) is 4.74 Å². The molecule has 126 valence electrons. The Hall–Kier alpha value is -3.48. The molecule has 0 radical (unpaired) electrons. The van der Waals surface area contributed by atoms with Crippen molar-refractivity contribution in [3.05, 3.63) is 75.8 Å². The molecule has 3 rings (SSSR count). The maximum Gasteiger partial charge on any atom is 0.414 e. The average molecular weight is 338 g/mol. The fourth-order valence-corrected chi connectivity index (χ4v) is 2.51. The van der Waals surface area contributed by atoms with Gasteiger partial charge in [0, 0.05) is 17.3 Å². The predicted molar refractivity (Wildman–Crippen MR) is 91.6 cm³/mol. The lowest BCUT2D eigenvalue weighted by molar-refractivity contribution is -0.385. The first kappa shape index (κ1) is 16.4. The van der Waals surface area contributed by atoms with Crippen LogP contribution in [0.15, 0.2) is 54.6 Å². The first-order valence-electron chi connectivity index (χ1n) is 7.56. The third kappa shape index (κ3) is 3.55. The molecule has 1 fully saturated rings. The van der Waals surface area contributed by atoms with Crippen LogP contribution in [-0.4, -0.2) is 30.0 Å². The van der Waals surface area contributed by atoms with E-state index in [9.17, 15) is 19.7 Å². The zero-order valence-electron chi connectivity index (χ0n) is 13.1. The fraction of sp³-hybridized carbons (Fsp3) is 0.111. The molecule has 0 aliphatic carbocycles. The number of rotatable bonds is 5. The van der Waals surface area contributed by atoms with Crippen molar-refractivity contribution in [2.75, 3.05) is 18.1 Å². The molecular formula is C18H14N2O5. The third-order valence-corrected chi connectivity index (χ3v) is 3.75. The van der Waals surface area contributed by atoms with Crippen LogP contribution >= 0.6 is 0 Å². The number of anilines is 1. The van der Waals surface area contributed by atoms with Crippen LogP contribution in [0.1, 0.15) is 15.9 Å². The molecule has 1 aliphatic rings. The number of hydrogen-bond acceptors (Lipinski definition) is 5. The van der Waals surface area contributed by atoms with Gasteiger partial charge in [-0.2, -0.15) is 0 Å². The summed E-state index contributed by atoms with van der Waals surface area (Å²) in [4.78, 5) is 35.9. The monoisotopic (exact) mass is 338 g/mol. The highest BCUT2D eigenvalue weighted by Gasteiger charge is 2.23. The van der Waals surface area contributed by atoms with Crippen LogP contribution in [0.5, 0.6) is 0 Å². The highest BCUT2D eigenvalue weighted by Crippen LogP contribution is 2.22. The lowest BCUT2D eigenvalue weighted by Gasteiger charge is -2.13. The SMILES string of the molecule is O=C(/C=C/c1ccccc1[N+](=O)[O-])c1cccc(N2CCOC2=O)c1. The Morgan fingerprint density at radius 2 is 2.00 bits per heavy atom. The van der Waals surface area contributed by atoms with Gasteiger partial charge < -0.3 is 4.74 Å². The van der Waals surface area contributed by atoms with Crippen LogP contribution in [0.3, 0.4) is 0 Å². The standard InChI is InChI=1S/C18H14N2O5/c21-17(9-8-13-4-1-2-7-16(13)20(23)24)14-5-3-6-15(12-14)19-10-11-25-18(19)22/h1-9,12H,10-11H2/b9-8+. The van der Waals surface area contributed by atoms with Crippen LogP contribution in [0.25, 0.3) is 6.08 Å². The second-order valence-electron chi connectivity index (χ2n) is 5.33. The summed E-state index contributed by atoms with van der Waals surface area (Å²) >= 11 is 0. The fourth-order valence-electron chi connectivity index (χ4n) is 2.51. The Morgan fingerprint density at radius 1 is 1.20 bits per heavy atom. The van der Waals surface area contributed by atoms with Crippen LogP contribution < -0.4 is 4.90 Å². The van der Waals surface area contributed by atoms with E-state index in [1.54, 1.807) is 42.5 Å². The molecule has 0 atom stereocenters. The summed E-state index contributed by atoms with van der Waals surface area (Å²) in [5.41, 5.74) is 1.24. The molecule has 0 bridgehead atoms. The number of cyclic esters (lactones) is 1. The summed E-state index contributed by atoms with van der Waals surface area (Å²) in [6.07, 6.45) is 2.25. The zero-order chi connectivity index (χ0) is 17.8. The van der Waals surface area contributed by atoms with Gasteiger partial charge in [-0.3, -0.25) is 19.8 Å². The quantitative estimate of drug-likeness (QED) is 0.360. The molecule has 25 heavy (non-hydrogen) atoms. The molecule has 0 aromatic heterocycles. The smallest absolute Gasteiger partial charge is 0.414 e. The van der Waals surface area contributed by atoms with E-state index in [0.717, 1.165) is 0 Å². The van der Waals surface area contributed by atoms with Gasteiger partial charge in [0.05, 0.1) is 17.0 Å². The molecular weight excluding hydrogens is 324 g/mol. The number of nitro groups is 1. The Labute approximate surface area is 143 Å². The highest BCUT2D eigenvalue weighted by molar-refractivity contribution is 6.08. The summed E-state index contributed by atoms with van der Waals surface area (Å²) in [6.45, 7) is 0.747. The molecule has 0 spiro atoms. The molecule has 1 aliphatic heterocycles. The number of ether oxygens (including phenoxy) is 1. The molecule has 7 heteroatoms. The highest BCUT2D eigenvalue weighted by atomic mass is 16.6. The van der Waals surface area contributed by atoms with Gasteiger partial charge in [-0.05, 0) is 30.4 Å². The molecule has 2 aromatic carbocycles. The number of amides is 1. The van der Waals surface area contributed by atoms with E-state index in [-0.39, 0.29) is 11.5 Å². The molecule has 2 aromatic rings. The van der Waals surface area contributed by atoms with Gasteiger partial charge in [0.25, 0.3) is 5.69 Å². The van der Waals surface area contributed by atoms with E-state index < -0.39 is 11.0 Å². The number of carbonyl (C=O) groups is 2. The average Bonchev–Trinajstić information content (AvgIpc) is 3.06. The van der Waals surface area contributed by atoms with E-state index in [0.29, 0.717) is 30.0 Å².